The minimum absolute atomic E-state index is 0.0332. The van der Waals surface area contributed by atoms with Crippen LogP contribution in [0.15, 0.2) is 36.9 Å². The topological polar surface area (TPSA) is 84.3 Å². The maximum absolute atomic E-state index is 12.6. The van der Waals surface area contributed by atoms with Crippen molar-refractivity contribution in [3.05, 3.63) is 32.8 Å². The number of carboxylic acids is 1. The predicted octanol–water partition coefficient (Wildman–Crippen LogP) is 3.81. The Morgan fingerprint density at radius 1 is 1.48 bits per heavy atom. The smallest absolute Gasteiger partial charge is 0.345 e. The van der Waals surface area contributed by atoms with Gasteiger partial charge in [0.15, 0.2) is 0 Å². The van der Waals surface area contributed by atoms with E-state index in [1.165, 1.54) is 24.0 Å². The Morgan fingerprint density at radius 3 is 2.67 bits per heavy atom. The minimum atomic E-state index is -3.88. The summed E-state index contributed by atoms with van der Waals surface area (Å²) in [6.07, 6.45) is 2.86. The molecule has 2 heterocycles. The van der Waals surface area contributed by atoms with Gasteiger partial charge in [-0.1, -0.05) is 11.6 Å². The summed E-state index contributed by atoms with van der Waals surface area (Å²) in [5, 5.41) is 9.16. The number of thiophene rings is 1. The third-order valence-corrected chi connectivity index (χ3v) is 7.84. The lowest BCUT2D eigenvalue weighted by atomic mass is 10.5. The molecular weight excluding hydrogens is 422 g/mol. The third-order valence-electron chi connectivity index (χ3n) is 2.43. The lowest BCUT2D eigenvalue weighted by Crippen LogP contribution is -2.03. The van der Waals surface area contributed by atoms with E-state index in [9.17, 15) is 13.2 Å². The van der Waals surface area contributed by atoms with Gasteiger partial charge in [0.25, 0.3) is 0 Å². The van der Waals surface area contributed by atoms with Gasteiger partial charge in [0.1, 0.15) is 9.48 Å². The summed E-state index contributed by atoms with van der Waals surface area (Å²) in [4.78, 5) is 14.7. The molecule has 0 saturated carbocycles. The molecule has 0 fully saturated rings. The number of sulfone groups is 1. The van der Waals surface area contributed by atoms with Crippen molar-refractivity contribution in [1.29, 1.82) is 0 Å². The van der Waals surface area contributed by atoms with Crippen LogP contribution in [0.25, 0.3) is 0 Å². The summed E-state index contributed by atoms with van der Waals surface area (Å²) >= 11 is 11.0. The van der Waals surface area contributed by atoms with Crippen molar-refractivity contribution in [2.45, 2.75) is 14.0 Å². The summed E-state index contributed by atoms with van der Waals surface area (Å²) in [6, 6.07) is 2.43. The van der Waals surface area contributed by atoms with Crippen LogP contribution in [0.3, 0.4) is 0 Å². The number of pyridine rings is 1. The molecule has 1 N–H and O–H groups in total. The fourth-order valence-corrected chi connectivity index (χ4v) is 5.72. The summed E-state index contributed by atoms with van der Waals surface area (Å²) in [7, 11) is -3.88. The van der Waals surface area contributed by atoms with E-state index >= 15 is 0 Å². The highest BCUT2D eigenvalue weighted by molar-refractivity contribution is 9.10. The van der Waals surface area contributed by atoms with E-state index in [0.717, 1.165) is 17.4 Å². The van der Waals surface area contributed by atoms with Crippen molar-refractivity contribution in [3.8, 4) is 0 Å². The van der Waals surface area contributed by atoms with Gasteiger partial charge in [-0.3, -0.25) is 0 Å². The van der Waals surface area contributed by atoms with Crippen LogP contribution in [0.2, 0.25) is 5.02 Å². The summed E-state index contributed by atoms with van der Waals surface area (Å²) in [5.41, 5.74) is 0. The van der Waals surface area contributed by atoms with Crippen LogP contribution in [0.5, 0.6) is 0 Å². The number of aromatic carboxylic acids is 1. The zero-order chi connectivity index (χ0) is 15.8. The number of aromatic nitrogens is 1. The largest absolute Gasteiger partial charge is 0.477 e. The molecule has 0 aliphatic heterocycles. The molecule has 10 heteroatoms. The monoisotopic (exact) mass is 427 g/mol. The second-order valence-corrected chi connectivity index (χ2v) is 8.92. The first-order chi connectivity index (χ1) is 9.77. The van der Waals surface area contributed by atoms with Gasteiger partial charge in [-0.05, 0) is 34.3 Å². The molecule has 2 rings (SSSR count). The summed E-state index contributed by atoms with van der Waals surface area (Å²) in [5.74, 6) is -1.16. The number of thioether (sulfide) groups is 1. The Hall–Kier alpha value is -0.610. The van der Waals surface area contributed by atoms with Crippen LogP contribution >= 0.6 is 50.6 Å². The average molecular weight is 429 g/mol. The lowest BCUT2D eigenvalue weighted by Gasteiger charge is -2.05. The molecule has 0 atom stereocenters. The molecule has 0 aliphatic carbocycles. The van der Waals surface area contributed by atoms with Crippen LogP contribution in [0, 0.1) is 0 Å². The fourth-order valence-electron chi connectivity index (χ4n) is 1.47. The molecule has 0 aromatic carbocycles. The van der Waals surface area contributed by atoms with Gasteiger partial charge >= 0.3 is 5.97 Å². The van der Waals surface area contributed by atoms with Crippen LogP contribution < -0.4 is 0 Å². The van der Waals surface area contributed by atoms with E-state index in [1.54, 1.807) is 6.26 Å². The molecule has 0 bridgehead atoms. The van der Waals surface area contributed by atoms with E-state index in [-0.39, 0.29) is 19.7 Å². The average Bonchev–Trinajstić information content (AvgIpc) is 2.86. The number of carboxylic acid groups (broad SMARTS) is 1. The van der Waals surface area contributed by atoms with Crippen LogP contribution in [0.1, 0.15) is 9.67 Å². The SMILES string of the molecule is CSc1sc(C(=O)O)cc1S(=O)(=O)c1cnc(Br)c(Cl)c1. The van der Waals surface area contributed by atoms with Crippen molar-refractivity contribution in [1.82, 2.24) is 4.98 Å². The van der Waals surface area contributed by atoms with Gasteiger partial charge < -0.3 is 5.11 Å². The molecule has 0 amide bonds. The highest BCUT2D eigenvalue weighted by Gasteiger charge is 2.26. The molecule has 0 unspecified atom stereocenters. The fraction of sp³-hybridized carbons (Fsp3) is 0.0909. The Balaban J connectivity index is 2.63. The molecule has 5 nitrogen and oxygen atoms in total. The lowest BCUT2D eigenvalue weighted by molar-refractivity contribution is 0.0702. The van der Waals surface area contributed by atoms with Gasteiger partial charge in [-0.25, -0.2) is 18.2 Å². The maximum Gasteiger partial charge on any atom is 0.345 e. The van der Waals surface area contributed by atoms with Gasteiger partial charge in [0.05, 0.1) is 19.0 Å². The molecule has 2 aromatic heterocycles. The number of nitrogens with zero attached hydrogens (tertiary/aromatic N) is 1. The number of halogens is 2. The zero-order valence-electron chi connectivity index (χ0n) is 10.3. The highest BCUT2D eigenvalue weighted by atomic mass is 79.9. The first-order valence-corrected chi connectivity index (χ1v) is 9.94. The second kappa shape index (κ2) is 6.25. The number of hydrogen-bond acceptors (Lipinski definition) is 6. The van der Waals surface area contributed by atoms with Gasteiger partial charge in [-0.2, -0.15) is 0 Å². The Kier molecular flexibility index (Phi) is 4.99. The summed E-state index contributed by atoms with van der Waals surface area (Å²) < 4.78 is 25.9. The highest BCUT2D eigenvalue weighted by Crippen LogP contribution is 2.37. The van der Waals surface area contributed by atoms with Crippen molar-refractivity contribution >= 4 is 66.4 Å². The van der Waals surface area contributed by atoms with Crippen molar-refractivity contribution < 1.29 is 18.3 Å². The predicted molar refractivity (Wildman–Crippen MR) is 85.5 cm³/mol. The molecule has 0 radical (unpaired) electrons. The van der Waals surface area contributed by atoms with Crippen LogP contribution in [-0.4, -0.2) is 30.7 Å². The Morgan fingerprint density at radius 2 is 2.14 bits per heavy atom. The third kappa shape index (κ3) is 3.26. The van der Waals surface area contributed by atoms with Crippen molar-refractivity contribution in [3.63, 3.8) is 0 Å². The van der Waals surface area contributed by atoms with E-state index in [0.29, 0.717) is 8.81 Å². The second-order valence-electron chi connectivity index (χ2n) is 3.72. The van der Waals surface area contributed by atoms with Crippen LogP contribution in [0.4, 0.5) is 0 Å². The first kappa shape index (κ1) is 16.8. The summed E-state index contributed by atoms with van der Waals surface area (Å²) in [6.45, 7) is 0. The quantitative estimate of drug-likeness (QED) is 0.589. The molecule has 112 valence electrons. The molecule has 0 spiro atoms. The maximum atomic E-state index is 12.6. The number of carbonyl (C=O) groups is 1. The van der Waals surface area contributed by atoms with Gasteiger partial charge in [0, 0.05) is 6.20 Å². The van der Waals surface area contributed by atoms with Crippen molar-refractivity contribution in [2.24, 2.45) is 0 Å². The molecule has 0 saturated heterocycles. The number of rotatable bonds is 4. The van der Waals surface area contributed by atoms with Gasteiger partial charge in [-0.15, -0.1) is 23.1 Å². The Bertz CT molecular complexity index is 819. The molecule has 21 heavy (non-hydrogen) atoms. The van der Waals surface area contributed by atoms with Crippen LogP contribution in [-0.2, 0) is 9.84 Å². The van der Waals surface area contributed by atoms with E-state index in [4.69, 9.17) is 16.7 Å². The normalized spacial score (nSPS) is 11.6. The van der Waals surface area contributed by atoms with E-state index in [2.05, 4.69) is 20.9 Å². The van der Waals surface area contributed by atoms with Gasteiger partial charge in [0.2, 0.25) is 9.84 Å². The zero-order valence-corrected chi connectivity index (χ0v) is 15.1. The first-order valence-electron chi connectivity index (χ1n) is 5.24. The molecular formula is C11H7BrClNO4S3. The Labute approximate surface area is 142 Å². The molecule has 0 aliphatic rings. The minimum Gasteiger partial charge on any atom is -0.477 e. The van der Waals surface area contributed by atoms with E-state index in [1.807, 2.05) is 0 Å². The molecule has 2 aromatic rings. The van der Waals surface area contributed by atoms with Crippen molar-refractivity contribution in [2.75, 3.05) is 6.26 Å². The van der Waals surface area contributed by atoms with E-state index < -0.39 is 15.8 Å². The standard InChI is InChI=1S/C11H7BrClNO4S3/c1-19-11-8(3-7(20-11)10(15)16)21(17,18)5-2-6(13)9(12)14-4-5/h2-4H,1H3,(H,15,16). The number of hydrogen-bond donors (Lipinski definition) is 1.